The fraction of sp³-hybridized carbons (Fsp3) is 0.194. The summed E-state index contributed by atoms with van der Waals surface area (Å²) >= 11 is 0. The number of carbonyl (C=O) groups excluding carboxylic acids is 1. The largest absolute Gasteiger partial charge is 0.497 e. The molecule has 38 heavy (non-hydrogen) atoms. The van der Waals surface area contributed by atoms with Crippen molar-refractivity contribution in [1.29, 1.82) is 0 Å². The maximum atomic E-state index is 13.5. The number of aromatic nitrogens is 2. The van der Waals surface area contributed by atoms with Crippen LogP contribution in [0.4, 0.5) is 5.69 Å². The summed E-state index contributed by atoms with van der Waals surface area (Å²) in [5, 5.41) is 1.09. The molecule has 0 aliphatic carbocycles. The minimum absolute atomic E-state index is 0.152. The van der Waals surface area contributed by atoms with Crippen LogP contribution in [0.25, 0.3) is 33.4 Å². The number of aryl methyl sites for hydroxylation is 1. The highest BCUT2D eigenvalue weighted by atomic mass is 16.5. The number of anilines is 1. The fourth-order valence-corrected chi connectivity index (χ4v) is 4.85. The highest BCUT2D eigenvalue weighted by Gasteiger charge is 2.25. The molecule has 190 valence electrons. The van der Waals surface area contributed by atoms with Crippen molar-refractivity contribution in [3.05, 3.63) is 96.6 Å². The summed E-state index contributed by atoms with van der Waals surface area (Å²) in [4.78, 5) is 26.9. The zero-order valence-corrected chi connectivity index (χ0v) is 21.4. The topological polar surface area (TPSA) is 71.7 Å². The summed E-state index contributed by atoms with van der Waals surface area (Å²) in [5.74, 6) is 0.839. The van der Waals surface area contributed by atoms with Gasteiger partial charge in [0.15, 0.2) is 0 Å². The van der Waals surface area contributed by atoms with E-state index in [0.29, 0.717) is 13.1 Å². The third-order valence-electron chi connectivity index (χ3n) is 7.08. The summed E-state index contributed by atoms with van der Waals surface area (Å²) in [6.45, 7) is 4.70. The van der Waals surface area contributed by atoms with Crippen molar-refractivity contribution in [1.82, 2.24) is 14.9 Å². The van der Waals surface area contributed by atoms with Crippen LogP contribution in [0.15, 0.2) is 89.7 Å². The SMILES string of the molecule is COc1ccc(-c2cnc(C(=O)N3CCN(c4ccc5ccoc5c4)CC3)nc2-c2ccc(C)cc2)cc1. The molecule has 0 radical (unpaired) electrons. The van der Waals surface area contributed by atoms with Gasteiger partial charge in [-0.3, -0.25) is 4.79 Å². The van der Waals surface area contributed by atoms with E-state index < -0.39 is 0 Å². The summed E-state index contributed by atoms with van der Waals surface area (Å²) in [6, 6.07) is 24.1. The van der Waals surface area contributed by atoms with Gasteiger partial charge in [0.2, 0.25) is 5.82 Å². The lowest BCUT2D eigenvalue weighted by atomic mass is 10.00. The van der Waals surface area contributed by atoms with Gasteiger partial charge in [-0.2, -0.15) is 0 Å². The maximum Gasteiger partial charge on any atom is 0.291 e. The van der Waals surface area contributed by atoms with Crippen LogP contribution in [0.5, 0.6) is 5.75 Å². The number of furan rings is 1. The number of methoxy groups -OCH3 is 1. The second-order valence-electron chi connectivity index (χ2n) is 9.47. The van der Waals surface area contributed by atoms with E-state index in [1.807, 2.05) is 47.4 Å². The highest BCUT2D eigenvalue weighted by Crippen LogP contribution is 2.32. The second-order valence-corrected chi connectivity index (χ2v) is 9.47. The number of carbonyl (C=O) groups is 1. The number of hydrogen-bond acceptors (Lipinski definition) is 6. The maximum absolute atomic E-state index is 13.5. The zero-order chi connectivity index (χ0) is 26.1. The van der Waals surface area contributed by atoms with Crippen molar-refractivity contribution in [2.45, 2.75) is 6.92 Å². The average molecular weight is 505 g/mol. The predicted molar refractivity (Wildman–Crippen MR) is 149 cm³/mol. The molecule has 0 N–H and O–H groups in total. The number of rotatable bonds is 5. The Morgan fingerprint density at radius 2 is 1.63 bits per heavy atom. The van der Waals surface area contributed by atoms with Crippen molar-refractivity contribution < 1.29 is 13.9 Å². The lowest BCUT2D eigenvalue weighted by molar-refractivity contribution is 0.0734. The Labute approximate surface area is 221 Å². The van der Waals surface area contributed by atoms with Crippen LogP contribution in [0.3, 0.4) is 0 Å². The van der Waals surface area contributed by atoms with E-state index in [-0.39, 0.29) is 11.7 Å². The van der Waals surface area contributed by atoms with E-state index in [2.05, 4.69) is 47.1 Å². The fourth-order valence-electron chi connectivity index (χ4n) is 4.85. The first-order valence-electron chi connectivity index (χ1n) is 12.7. The molecule has 2 aromatic heterocycles. The summed E-state index contributed by atoms with van der Waals surface area (Å²) in [6.07, 6.45) is 3.46. The van der Waals surface area contributed by atoms with Crippen molar-refractivity contribution in [3.8, 4) is 28.1 Å². The van der Waals surface area contributed by atoms with E-state index in [9.17, 15) is 4.79 Å². The molecule has 7 heteroatoms. The molecule has 6 rings (SSSR count). The second kappa shape index (κ2) is 10.0. The summed E-state index contributed by atoms with van der Waals surface area (Å²) in [7, 11) is 1.65. The average Bonchev–Trinajstić information content (AvgIpc) is 3.45. The zero-order valence-electron chi connectivity index (χ0n) is 21.4. The lowest BCUT2D eigenvalue weighted by Crippen LogP contribution is -2.49. The number of ether oxygens (including phenoxy) is 1. The first-order valence-corrected chi connectivity index (χ1v) is 12.7. The van der Waals surface area contributed by atoms with Crippen molar-refractivity contribution in [2.24, 2.45) is 0 Å². The van der Waals surface area contributed by atoms with Crippen LogP contribution < -0.4 is 9.64 Å². The van der Waals surface area contributed by atoms with Gasteiger partial charge in [0, 0.05) is 60.6 Å². The molecule has 5 aromatic rings. The molecule has 1 amide bonds. The monoisotopic (exact) mass is 504 g/mol. The molecular formula is C31H28N4O3. The molecule has 0 saturated carbocycles. The van der Waals surface area contributed by atoms with Gasteiger partial charge in [-0.1, -0.05) is 42.0 Å². The van der Waals surface area contributed by atoms with Gasteiger partial charge in [-0.25, -0.2) is 9.97 Å². The molecule has 0 atom stereocenters. The minimum atomic E-state index is -0.152. The predicted octanol–water partition coefficient (Wildman–Crippen LogP) is 5.84. The van der Waals surface area contributed by atoms with Crippen LogP contribution in [-0.4, -0.2) is 54.1 Å². The van der Waals surface area contributed by atoms with Crippen molar-refractivity contribution >= 4 is 22.6 Å². The molecule has 3 aromatic carbocycles. The molecule has 0 unspecified atom stereocenters. The normalized spacial score (nSPS) is 13.6. The van der Waals surface area contributed by atoms with Gasteiger partial charge in [-0.15, -0.1) is 0 Å². The number of benzene rings is 3. The van der Waals surface area contributed by atoms with Crippen molar-refractivity contribution in [3.63, 3.8) is 0 Å². The molecule has 1 aliphatic rings. The third kappa shape index (κ3) is 4.59. The lowest BCUT2D eigenvalue weighted by Gasteiger charge is -2.35. The van der Waals surface area contributed by atoms with Gasteiger partial charge in [0.1, 0.15) is 11.3 Å². The number of amides is 1. The number of hydrogen-bond donors (Lipinski definition) is 0. The van der Waals surface area contributed by atoms with Crippen molar-refractivity contribution in [2.75, 3.05) is 38.2 Å². The number of piperazine rings is 1. The van der Waals surface area contributed by atoms with Gasteiger partial charge < -0.3 is 19.0 Å². The first-order chi connectivity index (χ1) is 18.6. The number of nitrogens with zero attached hydrogens (tertiary/aromatic N) is 4. The molecule has 1 fully saturated rings. The molecular weight excluding hydrogens is 476 g/mol. The quantitative estimate of drug-likeness (QED) is 0.300. The Kier molecular flexibility index (Phi) is 6.25. The van der Waals surface area contributed by atoms with Gasteiger partial charge in [-0.05, 0) is 42.8 Å². The van der Waals surface area contributed by atoms with Gasteiger partial charge >= 0.3 is 0 Å². The summed E-state index contributed by atoms with van der Waals surface area (Å²) < 4.78 is 10.9. The van der Waals surface area contributed by atoms with Crippen LogP contribution >= 0.6 is 0 Å². The highest BCUT2D eigenvalue weighted by molar-refractivity contribution is 5.92. The van der Waals surface area contributed by atoms with E-state index in [1.165, 1.54) is 0 Å². The first kappa shape index (κ1) is 23.7. The third-order valence-corrected chi connectivity index (χ3v) is 7.08. The van der Waals surface area contributed by atoms with Crippen LogP contribution in [0, 0.1) is 6.92 Å². The van der Waals surface area contributed by atoms with E-state index >= 15 is 0 Å². The number of fused-ring (bicyclic) bond motifs is 1. The Balaban J connectivity index is 1.25. The Morgan fingerprint density at radius 1 is 0.895 bits per heavy atom. The summed E-state index contributed by atoms with van der Waals surface area (Å²) in [5.41, 5.74) is 6.63. The molecule has 0 bridgehead atoms. The van der Waals surface area contributed by atoms with Crippen LogP contribution in [0.2, 0.25) is 0 Å². The standard InChI is InChI=1S/C31H28N4O3/c1-21-3-5-24(6-4-21)29-27(22-8-11-26(37-2)12-9-22)20-32-30(33-29)31(36)35-16-14-34(15-17-35)25-10-7-23-13-18-38-28(23)19-25/h3-13,18-20H,14-17H2,1-2H3. The van der Waals surface area contributed by atoms with E-state index in [4.69, 9.17) is 14.1 Å². The van der Waals surface area contributed by atoms with Gasteiger partial charge in [0.05, 0.1) is 19.1 Å². The smallest absolute Gasteiger partial charge is 0.291 e. The van der Waals surface area contributed by atoms with E-state index in [1.54, 1.807) is 19.6 Å². The van der Waals surface area contributed by atoms with Crippen LogP contribution in [-0.2, 0) is 0 Å². The van der Waals surface area contributed by atoms with Gasteiger partial charge in [0.25, 0.3) is 5.91 Å². The Hall–Kier alpha value is -4.65. The molecule has 0 spiro atoms. The minimum Gasteiger partial charge on any atom is -0.497 e. The molecule has 1 saturated heterocycles. The van der Waals surface area contributed by atoms with Crippen LogP contribution in [0.1, 0.15) is 16.2 Å². The Bertz CT molecular complexity index is 1580. The Morgan fingerprint density at radius 3 is 2.37 bits per heavy atom. The molecule has 3 heterocycles. The molecule has 7 nitrogen and oxygen atoms in total. The van der Waals surface area contributed by atoms with E-state index in [0.717, 1.165) is 63.4 Å². The molecule has 1 aliphatic heterocycles.